The van der Waals surface area contributed by atoms with Crippen molar-refractivity contribution in [2.24, 2.45) is 0 Å². The lowest BCUT2D eigenvalue weighted by Gasteiger charge is -2.08. The van der Waals surface area contributed by atoms with Gasteiger partial charge in [0, 0.05) is 16.0 Å². The molecule has 0 bridgehead atoms. The molecule has 2 aromatic heterocycles. The summed E-state index contributed by atoms with van der Waals surface area (Å²) in [4.78, 5) is 25.9. The van der Waals surface area contributed by atoms with Crippen LogP contribution in [0.15, 0.2) is 17.5 Å². The minimum atomic E-state index is -0.649. The van der Waals surface area contributed by atoms with Crippen molar-refractivity contribution in [1.82, 2.24) is 0 Å². The summed E-state index contributed by atoms with van der Waals surface area (Å²) in [6.07, 6.45) is -0.649. The molecular formula is C12H8O3S2. The highest BCUT2D eigenvalue weighted by molar-refractivity contribution is 7.17. The van der Waals surface area contributed by atoms with Gasteiger partial charge in [-0.1, -0.05) is 0 Å². The van der Waals surface area contributed by atoms with Gasteiger partial charge in [0.1, 0.15) is 0 Å². The number of fused-ring (bicyclic) bond motifs is 2. The number of ketones is 2. The highest BCUT2D eigenvalue weighted by atomic mass is 32.1. The summed E-state index contributed by atoms with van der Waals surface area (Å²) in [7, 11) is 0. The average Bonchev–Trinajstić information content (AvgIpc) is 2.92. The molecule has 0 aromatic carbocycles. The average molecular weight is 264 g/mol. The number of aliphatic hydroxyl groups excluding tert-OH is 1. The van der Waals surface area contributed by atoms with Crippen molar-refractivity contribution in [2.75, 3.05) is 0 Å². The number of rotatable bonds is 1. The van der Waals surface area contributed by atoms with Crippen LogP contribution in [0.3, 0.4) is 0 Å². The van der Waals surface area contributed by atoms with Crippen molar-refractivity contribution in [3.8, 4) is 0 Å². The first-order valence-corrected chi connectivity index (χ1v) is 6.78. The van der Waals surface area contributed by atoms with Crippen LogP contribution in [0.1, 0.15) is 48.4 Å². The molecule has 1 N–H and O–H groups in total. The molecule has 1 aliphatic rings. The molecule has 0 saturated carbocycles. The van der Waals surface area contributed by atoms with Crippen LogP contribution >= 0.6 is 22.7 Å². The van der Waals surface area contributed by atoms with Crippen molar-refractivity contribution in [3.63, 3.8) is 0 Å². The largest absolute Gasteiger partial charge is 0.388 e. The first-order chi connectivity index (χ1) is 8.09. The molecule has 5 heteroatoms. The fraction of sp³-hybridized carbons (Fsp3) is 0.167. The minimum absolute atomic E-state index is 0.0958. The van der Waals surface area contributed by atoms with Gasteiger partial charge >= 0.3 is 0 Å². The van der Waals surface area contributed by atoms with E-state index < -0.39 is 6.10 Å². The van der Waals surface area contributed by atoms with Crippen LogP contribution in [0.25, 0.3) is 0 Å². The van der Waals surface area contributed by atoms with Gasteiger partial charge in [-0.3, -0.25) is 9.59 Å². The molecule has 0 saturated heterocycles. The molecule has 0 radical (unpaired) electrons. The van der Waals surface area contributed by atoms with Crippen LogP contribution in [-0.2, 0) is 0 Å². The molecule has 1 atom stereocenters. The van der Waals surface area contributed by atoms with Crippen LogP contribution < -0.4 is 0 Å². The molecule has 3 nitrogen and oxygen atoms in total. The lowest BCUT2D eigenvalue weighted by Crippen LogP contribution is -2.15. The van der Waals surface area contributed by atoms with Crippen molar-refractivity contribution in [2.45, 2.75) is 13.0 Å². The molecule has 0 fully saturated rings. The molecule has 3 rings (SSSR count). The zero-order chi connectivity index (χ0) is 12.2. The SMILES string of the molecule is C[C@@H](O)c1cc2c(s1)C(=O)c1sccc1C2=O. The quantitative estimate of drug-likeness (QED) is 0.735. The van der Waals surface area contributed by atoms with Gasteiger partial charge < -0.3 is 5.11 Å². The van der Waals surface area contributed by atoms with E-state index in [1.807, 2.05) is 0 Å². The Kier molecular flexibility index (Phi) is 2.29. The smallest absolute Gasteiger partial charge is 0.214 e. The summed E-state index contributed by atoms with van der Waals surface area (Å²) in [6, 6.07) is 3.31. The second-order valence-corrected chi connectivity index (χ2v) is 5.89. The second-order valence-electron chi connectivity index (χ2n) is 3.89. The topological polar surface area (TPSA) is 54.4 Å². The van der Waals surface area contributed by atoms with Gasteiger partial charge in [-0.15, -0.1) is 22.7 Å². The van der Waals surface area contributed by atoms with Crippen molar-refractivity contribution < 1.29 is 14.7 Å². The van der Waals surface area contributed by atoms with Crippen molar-refractivity contribution in [1.29, 1.82) is 0 Å². The van der Waals surface area contributed by atoms with Gasteiger partial charge in [0.05, 0.1) is 15.9 Å². The lowest BCUT2D eigenvalue weighted by molar-refractivity contribution is 0.0985. The number of carbonyl (C=O) groups excluding carboxylic acids is 2. The van der Waals surface area contributed by atoms with Crippen LogP contribution in [0.5, 0.6) is 0 Å². The van der Waals surface area contributed by atoms with E-state index in [9.17, 15) is 14.7 Å². The Morgan fingerprint density at radius 1 is 1.18 bits per heavy atom. The number of hydrogen-bond acceptors (Lipinski definition) is 5. The summed E-state index contributed by atoms with van der Waals surface area (Å²) < 4.78 is 0. The number of thiophene rings is 2. The Hall–Kier alpha value is -1.30. The molecule has 86 valence electrons. The predicted molar refractivity (Wildman–Crippen MR) is 66.1 cm³/mol. The maximum atomic E-state index is 12.1. The van der Waals surface area contributed by atoms with Gasteiger partial charge in [0.2, 0.25) is 5.78 Å². The Labute approximate surface area is 105 Å². The standard InChI is InChI=1S/C12H8O3S2/c1-5(13)8-4-7-9(14)6-2-3-16-11(6)10(15)12(7)17-8/h2-5,13H,1H3/t5-/m1/s1. The van der Waals surface area contributed by atoms with Gasteiger partial charge in [-0.2, -0.15) is 0 Å². The highest BCUT2D eigenvalue weighted by Gasteiger charge is 2.33. The normalized spacial score (nSPS) is 15.6. The van der Waals surface area contributed by atoms with E-state index in [2.05, 4.69) is 0 Å². The monoisotopic (exact) mass is 264 g/mol. The first-order valence-electron chi connectivity index (χ1n) is 5.08. The fourth-order valence-electron chi connectivity index (χ4n) is 1.87. The van der Waals surface area contributed by atoms with E-state index in [-0.39, 0.29) is 11.6 Å². The summed E-state index contributed by atoms with van der Waals surface area (Å²) in [6.45, 7) is 1.63. The summed E-state index contributed by atoms with van der Waals surface area (Å²) in [5.74, 6) is -0.208. The van der Waals surface area contributed by atoms with Crippen LogP contribution in [0.4, 0.5) is 0 Å². The maximum Gasteiger partial charge on any atom is 0.214 e. The Balaban J connectivity index is 2.23. The second kappa shape index (κ2) is 3.60. The van der Waals surface area contributed by atoms with Crippen molar-refractivity contribution in [3.05, 3.63) is 43.3 Å². The van der Waals surface area contributed by atoms with E-state index in [0.717, 1.165) is 0 Å². The Bertz CT molecular complexity index is 586. The molecule has 0 aliphatic heterocycles. The third kappa shape index (κ3) is 1.43. The van der Waals surface area contributed by atoms with Gasteiger partial charge in [0.15, 0.2) is 5.78 Å². The minimum Gasteiger partial charge on any atom is -0.388 e. The molecular weight excluding hydrogens is 256 g/mol. The van der Waals surface area contributed by atoms with Crippen LogP contribution in [0.2, 0.25) is 0 Å². The van der Waals surface area contributed by atoms with E-state index in [0.29, 0.717) is 25.8 Å². The van der Waals surface area contributed by atoms with E-state index in [1.165, 1.54) is 22.7 Å². The molecule has 0 amide bonds. The molecule has 0 unspecified atom stereocenters. The van der Waals surface area contributed by atoms with E-state index in [1.54, 1.807) is 24.4 Å². The number of carbonyl (C=O) groups is 2. The molecule has 0 spiro atoms. The third-order valence-corrected chi connectivity index (χ3v) is 4.95. The van der Waals surface area contributed by atoms with Gasteiger partial charge in [0.25, 0.3) is 0 Å². The molecule has 1 aliphatic carbocycles. The maximum absolute atomic E-state index is 12.1. The number of hydrogen-bond donors (Lipinski definition) is 1. The fourth-order valence-corrected chi connectivity index (χ4v) is 3.81. The molecule has 2 aromatic rings. The first kappa shape index (κ1) is 10.8. The van der Waals surface area contributed by atoms with E-state index >= 15 is 0 Å². The van der Waals surface area contributed by atoms with Crippen LogP contribution in [-0.4, -0.2) is 16.7 Å². The highest BCUT2D eigenvalue weighted by Crippen LogP contribution is 2.37. The van der Waals surface area contributed by atoms with Crippen LogP contribution in [0, 0.1) is 0 Å². The van der Waals surface area contributed by atoms with Gasteiger partial charge in [-0.25, -0.2) is 0 Å². The Morgan fingerprint density at radius 3 is 2.65 bits per heavy atom. The summed E-state index contributed by atoms with van der Waals surface area (Å²) >= 11 is 2.50. The summed E-state index contributed by atoms with van der Waals surface area (Å²) in [5.41, 5.74) is 0.921. The summed E-state index contributed by atoms with van der Waals surface area (Å²) in [5, 5.41) is 11.3. The number of aliphatic hydroxyl groups is 1. The lowest BCUT2D eigenvalue weighted by atomic mass is 9.95. The zero-order valence-electron chi connectivity index (χ0n) is 8.89. The molecule has 17 heavy (non-hydrogen) atoms. The third-order valence-electron chi connectivity index (χ3n) is 2.73. The predicted octanol–water partition coefficient (Wildman–Crippen LogP) is 2.64. The van der Waals surface area contributed by atoms with Gasteiger partial charge in [-0.05, 0) is 24.4 Å². The Morgan fingerprint density at radius 2 is 1.94 bits per heavy atom. The molecule has 2 heterocycles. The van der Waals surface area contributed by atoms with Crippen molar-refractivity contribution >= 4 is 34.2 Å². The zero-order valence-corrected chi connectivity index (χ0v) is 10.5. The van der Waals surface area contributed by atoms with E-state index in [4.69, 9.17) is 0 Å².